The van der Waals surface area contributed by atoms with Crippen LogP contribution in [-0.4, -0.2) is 35.8 Å². The molecule has 0 aliphatic heterocycles. The van der Waals surface area contributed by atoms with E-state index in [0.717, 1.165) is 31.2 Å². The van der Waals surface area contributed by atoms with Gasteiger partial charge in [0.05, 0.1) is 5.92 Å². The van der Waals surface area contributed by atoms with E-state index >= 15 is 0 Å². The van der Waals surface area contributed by atoms with Crippen LogP contribution in [0.2, 0.25) is 22.5 Å². The molecular formula is C31H48GeN2O3. The fourth-order valence-electron chi connectivity index (χ4n) is 5.16. The van der Waals surface area contributed by atoms with Crippen LogP contribution < -0.4 is 9.47 Å². The van der Waals surface area contributed by atoms with Crippen molar-refractivity contribution in [2.24, 2.45) is 11.8 Å². The van der Waals surface area contributed by atoms with Gasteiger partial charge in [-0.3, -0.25) is 4.79 Å². The minimum Gasteiger partial charge on any atom is -0.0475 e. The van der Waals surface area contributed by atoms with Crippen molar-refractivity contribution in [2.75, 3.05) is 6.61 Å². The number of benzene rings is 1. The number of carbonyl (C=O) groups excluding carboxylic acids is 1. The van der Waals surface area contributed by atoms with Crippen LogP contribution >= 0.6 is 0 Å². The second kappa shape index (κ2) is 15.5. The van der Waals surface area contributed by atoms with Gasteiger partial charge in [-0.1, -0.05) is 45.4 Å². The Labute approximate surface area is 227 Å². The van der Waals surface area contributed by atoms with Crippen LogP contribution in [0.1, 0.15) is 84.0 Å². The van der Waals surface area contributed by atoms with E-state index in [1.165, 1.54) is 56.6 Å². The van der Waals surface area contributed by atoms with Crippen LogP contribution in [0.5, 0.6) is 11.5 Å². The Bertz CT molecular complexity index is 925. The Morgan fingerprint density at radius 3 is 2.35 bits per heavy atom. The summed E-state index contributed by atoms with van der Waals surface area (Å²) in [6.45, 7) is 2.95. The normalized spacial score (nSPS) is 17.9. The molecule has 0 bridgehead atoms. The average molecular weight is 569 g/mol. The molecule has 1 saturated carbocycles. The van der Waals surface area contributed by atoms with Gasteiger partial charge in [-0.2, -0.15) is 0 Å². The Hall–Kier alpha value is -1.89. The second-order valence-electron chi connectivity index (χ2n) is 12.0. The van der Waals surface area contributed by atoms with Crippen molar-refractivity contribution in [3.8, 4) is 22.9 Å². The number of aromatic nitrogens is 2. The van der Waals surface area contributed by atoms with Gasteiger partial charge in [0, 0.05) is 0 Å². The number of hydrogen-bond acceptors (Lipinski definition) is 5. The summed E-state index contributed by atoms with van der Waals surface area (Å²) in [5, 5.41) is 1.46. The molecule has 1 aliphatic rings. The molecule has 0 amide bonds. The maximum Gasteiger partial charge on any atom is -0.0185 e. The summed E-state index contributed by atoms with van der Waals surface area (Å²) >= 11 is -1.37. The summed E-state index contributed by atoms with van der Waals surface area (Å²) in [7, 11) is 0. The van der Waals surface area contributed by atoms with E-state index in [4.69, 9.17) is 9.47 Å². The zero-order valence-corrected chi connectivity index (χ0v) is 25.7. The minimum absolute atomic E-state index is 0.0293. The topological polar surface area (TPSA) is 61.3 Å². The summed E-state index contributed by atoms with van der Waals surface area (Å²) in [6.07, 6.45) is 17.8. The Kier molecular flexibility index (Phi) is 12.4. The maximum absolute atomic E-state index is 12.8. The molecular weight excluding hydrogens is 521 g/mol. The first-order chi connectivity index (χ1) is 17.8. The van der Waals surface area contributed by atoms with Crippen LogP contribution in [0.3, 0.4) is 0 Å². The molecule has 0 saturated heterocycles. The van der Waals surface area contributed by atoms with Gasteiger partial charge in [0.15, 0.2) is 0 Å². The molecule has 5 nitrogen and oxygen atoms in total. The molecule has 1 fully saturated rings. The van der Waals surface area contributed by atoms with Crippen molar-refractivity contribution in [2.45, 2.75) is 106 Å². The quantitative estimate of drug-likeness (QED) is 0.0930. The summed E-state index contributed by atoms with van der Waals surface area (Å²) in [4.78, 5) is 21.7. The third kappa shape index (κ3) is 11.2. The van der Waals surface area contributed by atoms with Crippen molar-refractivity contribution in [1.82, 2.24) is 9.97 Å². The molecule has 204 valence electrons. The molecule has 37 heavy (non-hydrogen) atoms. The van der Waals surface area contributed by atoms with Crippen molar-refractivity contribution < 1.29 is 14.3 Å². The number of nitrogens with zero attached hydrogens (tertiary/aromatic N) is 2. The van der Waals surface area contributed by atoms with Crippen molar-refractivity contribution in [3.05, 3.63) is 36.7 Å². The largest absolute Gasteiger partial charge is 0.0475 e. The van der Waals surface area contributed by atoms with E-state index in [0.29, 0.717) is 29.8 Å². The van der Waals surface area contributed by atoms with Gasteiger partial charge in [0.25, 0.3) is 0 Å². The Morgan fingerprint density at radius 1 is 0.919 bits per heavy atom. The number of carbonyl (C=O) groups is 1. The molecule has 1 aromatic carbocycles. The number of ether oxygens (including phenoxy) is 2. The molecule has 2 aromatic rings. The maximum atomic E-state index is 12.8. The minimum atomic E-state index is -1.37. The fraction of sp³-hybridized carbons (Fsp3) is 0.645. The van der Waals surface area contributed by atoms with E-state index in [9.17, 15) is 4.79 Å². The molecule has 6 heteroatoms. The van der Waals surface area contributed by atoms with Gasteiger partial charge in [-0.25, -0.2) is 0 Å². The molecule has 2 atom stereocenters. The summed E-state index contributed by atoms with van der Waals surface area (Å²) < 4.78 is 11.6. The number of rotatable bonds is 15. The predicted molar refractivity (Wildman–Crippen MR) is 155 cm³/mol. The molecule has 1 aromatic heterocycles. The van der Waals surface area contributed by atoms with Gasteiger partial charge < -0.3 is 4.74 Å². The van der Waals surface area contributed by atoms with Crippen LogP contribution in [0.15, 0.2) is 36.7 Å². The van der Waals surface area contributed by atoms with Gasteiger partial charge in [0.2, 0.25) is 0 Å². The van der Waals surface area contributed by atoms with Gasteiger partial charge in [0.1, 0.15) is 5.75 Å². The Balaban J connectivity index is 1.39. The van der Waals surface area contributed by atoms with E-state index in [-0.39, 0.29) is 11.9 Å². The fourth-order valence-corrected chi connectivity index (χ4v) is 7.91. The SMILES string of the molecule is CCCCC[C@H]1CCC[C@H](C(=O)Oc2ccc(-c3ncc(OCCCCC[CH2][Ge]([CH3])([CH3])[CH3])cn3)cc2)C1. The molecule has 0 N–H and O–H groups in total. The Morgan fingerprint density at radius 2 is 1.65 bits per heavy atom. The number of esters is 1. The van der Waals surface area contributed by atoms with E-state index in [1.54, 1.807) is 12.4 Å². The summed E-state index contributed by atoms with van der Waals surface area (Å²) in [5.41, 5.74) is 0.892. The van der Waals surface area contributed by atoms with Crippen molar-refractivity contribution in [3.63, 3.8) is 0 Å². The third-order valence-electron chi connectivity index (χ3n) is 7.38. The van der Waals surface area contributed by atoms with Crippen molar-refractivity contribution in [1.29, 1.82) is 0 Å². The molecule has 0 spiro atoms. The standard InChI is InChI=1S/C31H48GeN2O3/c1-5-6-9-13-25-14-12-15-27(22-25)31(35)37-28-18-16-26(17-19-28)30-33-23-29(24-34-30)36-21-11-8-7-10-20-32(2,3)4/h16-19,23-25,27H,5-15,20-22H2,1-4H3/t25-,27-/m0/s1. The van der Waals surface area contributed by atoms with Crippen molar-refractivity contribution >= 4 is 19.2 Å². The molecule has 1 aliphatic carbocycles. The molecule has 1 heterocycles. The average Bonchev–Trinajstić information content (AvgIpc) is 2.89. The van der Waals surface area contributed by atoms with E-state index < -0.39 is 13.3 Å². The first-order valence-corrected chi connectivity index (χ1v) is 22.4. The number of hydrogen-bond donors (Lipinski definition) is 0. The molecule has 0 radical (unpaired) electrons. The molecule has 0 unspecified atom stereocenters. The first kappa shape index (κ1) is 29.7. The van der Waals surface area contributed by atoms with Gasteiger partial charge in [-0.15, -0.1) is 0 Å². The second-order valence-corrected chi connectivity index (χ2v) is 23.8. The van der Waals surface area contributed by atoms with Gasteiger partial charge >= 0.3 is 118 Å². The zero-order valence-electron chi connectivity index (χ0n) is 23.6. The molecule has 3 rings (SSSR count). The summed E-state index contributed by atoms with van der Waals surface area (Å²) in [6, 6.07) is 7.50. The van der Waals surface area contributed by atoms with Gasteiger partial charge in [-0.05, 0) is 43.0 Å². The first-order valence-electron chi connectivity index (χ1n) is 14.6. The van der Waals surface area contributed by atoms with Crippen LogP contribution in [-0.2, 0) is 4.79 Å². The smallest absolute Gasteiger partial charge is 0.0185 e. The predicted octanol–water partition coefficient (Wildman–Crippen LogP) is 8.71. The van der Waals surface area contributed by atoms with Crippen LogP contribution in [0, 0.1) is 11.8 Å². The van der Waals surface area contributed by atoms with E-state index in [2.05, 4.69) is 34.2 Å². The van der Waals surface area contributed by atoms with Crippen LogP contribution in [0.25, 0.3) is 11.4 Å². The monoisotopic (exact) mass is 570 g/mol. The zero-order chi connectivity index (χ0) is 26.5. The number of unbranched alkanes of at least 4 members (excludes halogenated alkanes) is 5. The summed E-state index contributed by atoms with van der Waals surface area (Å²) in [5.74, 6) is 10.0. The van der Waals surface area contributed by atoms with E-state index in [1.807, 2.05) is 24.3 Å². The van der Waals surface area contributed by atoms with Crippen LogP contribution in [0.4, 0.5) is 0 Å². The third-order valence-corrected chi connectivity index (χ3v) is 11.3.